The van der Waals surface area contributed by atoms with Crippen LogP contribution in [0.25, 0.3) is 22.3 Å². The third-order valence-electron chi connectivity index (χ3n) is 3.65. The number of aromatic nitrogens is 2. The van der Waals surface area contributed by atoms with Crippen molar-refractivity contribution < 1.29 is 4.39 Å². The summed E-state index contributed by atoms with van der Waals surface area (Å²) in [5, 5.41) is 0.607. The number of nitrogens with zero attached hydrogens (tertiary/aromatic N) is 1. The molecule has 0 unspecified atom stereocenters. The average molecular weight is 268 g/mol. The number of hydrogen-bond donors (Lipinski definition) is 1. The quantitative estimate of drug-likeness (QED) is 0.710. The zero-order chi connectivity index (χ0) is 14.3. The Hall–Kier alpha value is -2.16. The van der Waals surface area contributed by atoms with Gasteiger partial charge in [0.1, 0.15) is 5.82 Å². The first-order chi connectivity index (χ1) is 9.56. The molecule has 3 aromatic rings. The third-order valence-corrected chi connectivity index (χ3v) is 3.65. The Labute approximate surface area is 117 Å². The summed E-state index contributed by atoms with van der Waals surface area (Å²) in [6.45, 7) is 6.39. The molecule has 0 saturated heterocycles. The number of fused-ring (bicyclic) bond motifs is 1. The van der Waals surface area contributed by atoms with Gasteiger partial charge in [0.25, 0.3) is 0 Å². The van der Waals surface area contributed by atoms with E-state index in [9.17, 15) is 4.39 Å². The van der Waals surface area contributed by atoms with E-state index in [2.05, 4.69) is 36.8 Å². The fourth-order valence-corrected chi connectivity index (χ4v) is 2.56. The Kier molecular flexibility index (Phi) is 3.05. The van der Waals surface area contributed by atoms with Gasteiger partial charge in [-0.15, -0.1) is 0 Å². The molecule has 0 fully saturated rings. The molecule has 0 aliphatic heterocycles. The molecule has 3 heteroatoms. The molecule has 102 valence electrons. The molecule has 1 N–H and O–H groups in total. The number of aryl methyl sites for hydroxylation is 1. The summed E-state index contributed by atoms with van der Waals surface area (Å²) in [6.07, 6.45) is 1.88. The normalized spacial score (nSPS) is 11.4. The first-order valence-electron chi connectivity index (χ1n) is 6.80. The second-order valence-corrected chi connectivity index (χ2v) is 5.46. The second-order valence-electron chi connectivity index (χ2n) is 5.46. The maximum atomic E-state index is 13.7. The molecule has 2 nitrogen and oxygen atoms in total. The lowest BCUT2D eigenvalue weighted by Gasteiger charge is -2.10. The van der Waals surface area contributed by atoms with Crippen LogP contribution in [-0.4, -0.2) is 9.97 Å². The lowest BCUT2D eigenvalue weighted by atomic mass is 9.98. The summed E-state index contributed by atoms with van der Waals surface area (Å²) in [5.74, 6) is 0.235. The van der Waals surface area contributed by atoms with Gasteiger partial charge in [0.15, 0.2) is 0 Å². The molecular formula is C17H17FN2. The summed E-state index contributed by atoms with van der Waals surface area (Å²) in [7, 11) is 0. The number of pyridine rings is 1. The van der Waals surface area contributed by atoms with Crippen molar-refractivity contribution in [1.82, 2.24) is 9.97 Å². The van der Waals surface area contributed by atoms with E-state index in [1.165, 1.54) is 17.2 Å². The smallest absolute Gasteiger partial charge is 0.132 e. The Morgan fingerprint density at radius 1 is 1.20 bits per heavy atom. The maximum Gasteiger partial charge on any atom is 0.132 e. The zero-order valence-corrected chi connectivity index (χ0v) is 11.9. The van der Waals surface area contributed by atoms with Crippen LogP contribution in [0.1, 0.15) is 30.9 Å². The minimum atomic E-state index is -0.207. The van der Waals surface area contributed by atoms with Gasteiger partial charge >= 0.3 is 0 Å². The Morgan fingerprint density at radius 2 is 2.00 bits per heavy atom. The summed E-state index contributed by atoms with van der Waals surface area (Å²) in [4.78, 5) is 7.70. The van der Waals surface area contributed by atoms with Crippen LogP contribution in [0.2, 0.25) is 0 Å². The molecule has 1 aromatic carbocycles. The highest BCUT2D eigenvalue weighted by Gasteiger charge is 2.11. The van der Waals surface area contributed by atoms with Crippen LogP contribution in [0, 0.1) is 12.7 Å². The van der Waals surface area contributed by atoms with Gasteiger partial charge in [-0.3, -0.25) is 4.98 Å². The fraction of sp³-hybridized carbons (Fsp3) is 0.235. The molecule has 2 heterocycles. The van der Waals surface area contributed by atoms with Gasteiger partial charge in [-0.2, -0.15) is 0 Å². The molecule has 3 rings (SSSR count). The molecule has 0 aliphatic carbocycles. The van der Waals surface area contributed by atoms with Crippen molar-refractivity contribution in [2.45, 2.75) is 26.7 Å². The van der Waals surface area contributed by atoms with Crippen molar-refractivity contribution in [2.24, 2.45) is 0 Å². The highest BCUT2D eigenvalue weighted by Crippen LogP contribution is 2.27. The number of hydrogen-bond acceptors (Lipinski definition) is 1. The molecule has 0 aliphatic rings. The maximum absolute atomic E-state index is 13.7. The topological polar surface area (TPSA) is 28.7 Å². The van der Waals surface area contributed by atoms with Crippen molar-refractivity contribution in [2.75, 3.05) is 0 Å². The molecule has 0 saturated carbocycles. The van der Waals surface area contributed by atoms with E-state index in [1.807, 2.05) is 18.3 Å². The van der Waals surface area contributed by atoms with Gasteiger partial charge in [-0.1, -0.05) is 19.9 Å². The highest BCUT2D eigenvalue weighted by atomic mass is 19.1. The molecule has 0 bridgehead atoms. The van der Waals surface area contributed by atoms with E-state index in [4.69, 9.17) is 0 Å². The number of halogens is 1. The van der Waals surface area contributed by atoms with Crippen LogP contribution in [0.4, 0.5) is 4.39 Å². The van der Waals surface area contributed by atoms with Crippen molar-refractivity contribution >= 4 is 10.9 Å². The van der Waals surface area contributed by atoms with Gasteiger partial charge < -0.3 is 4.98 Å². The minimum Gasteiger partial charge on any atom is -0.353 e. The lowest BCUT2D eigenvalue weighted by molar-refractivity contribution is 0.640. The number of H-pyrrole nitrogens is 1. The fourth-order valence-electron chi connectivity index (χ4n) is 2.56. The SMILES string of the molecule is Cc1cnc(-c2cc3c(F)cccc3[nH]2)cc1C(C)C. The Morgan fingerprint density at radius 3 is 2.70 bits per heavy atom. The number of benzene rings is 1. The Bertz CT molecular complexity index is 772. The van der Waals surface area contributed by atoms with E-state index >= 15 is 0 Å². The van der Waals surface area contributed by atoms with Gasteiger partial charge in [0, 0.05) is 17.1 Å². The first kappa shape index (κ1) is 12.9. The lowest BCUT2D eigenvalue weighted by Crippen LogP contribution is -1.95. The number of rotatable bonds is 2. The van der Waals surface area contributed by atoms with Gasteiger partial charge in [0.2, 0.25) is 0 Å². The number of aromatic amines is 1. The van der Waals surface area contributed by atoms with Crippen LogP contribution in [-0.2, 0) is 0 Å². The predicted octanol–water partition coefficient (Wildman–Crippen LogP) is 4.80. The molecule has 20 heavy (non-hydrogen) atoms. The summed E-state index contributed by atoms with van der Waals surface area (Å²) < 4.78 is 13.7. The molecule has 0 radical (unpaired) electrons. The van der Waals surface area contributed by atoms with Crippen LogP contribution in [0.3, 0.4) is 0 Å². The molecule has 0 atom stereocenters. The van der Waals surface area contributed by atoms with Crippen molar-refractivity contribution in [3.05, 3.63) is 53.5 Å². The van der Waals surface area contributed by atoms with E-state index in [-0.39, 0.29) is 5.82 Å². The Balaban J connectivity index is 2.16. The highest BCUT2D eigenvalue weighted by molar-refractivity contribution is 5.85. The minimum absolute atomic E-state index is 0.207. The monoisotopic (exact) mass is 268 g/mol. The summed E-state index contributed by atoms with van der Waals surface area (Å²) in [5.41, 5.74) is 4.97. The van der Waals surface area contributed by atoms with Crippen molar-refractivity contribution in [3.8, 4) is 11.4 Å². The van der Waals surface area contributed by atoms with Gasteiger partial charge in [-0.05, 0) is 48.2 Å². The van der Waals surface area contributed by atoms with Crippen molar-refractivity contribution in [1.29, 1.82) is 0 Å². The van der Waals surface area contributed by atoms with E-state index in [0.717, 1.165) is 16.9 Å². The first-order valence-corrected chi connectivity index (χ1v) is 6.80. The van der Waals surface area contributed by atoms with Crippen LogP contribution < -0.4 is 0 Å². The third kappa shape index (κ3) is 2.09. The summed E-state index contributed by atoms with van der Waals surface area (Å²) >= 11 is 0. The van der Waals surface area contributed by atoms with Gasteiger partial charge in [-0.25, -0.2) is 4.39 Å². The van der Waals surface area contributed by atoms with E-state index in [0.29, 0.717) is 11.3 Å². The van der Waals surface area contributed by atoms with Gasteiger partial charge in [0.05, 0.1) is 11.4 Å². The standard InChI is InChI=1S/C17H17FN2/c1-10(2)12-7-16(19-9-11(12)3)17-8-13-14(18)5-4-6-15(13)20-17/h4-10,20H,1-3H3. The molecular weight excluding hydrogens is 251 g/mol. The second kappa shape index (κ2) is 4.75. The summed E-state index contributed by atoms with van der Waals surface area (Å²) in [6, 6.07) is 8.97. The van der Waals surface area contributed by atoms with Crippen LogP contribution in [0.5, 0.6) is 0 Å². The van der Waals surface area contributed by atoms with Crippen LogP contribution in [0.15, 0.2) is 36.5 Å². The molecule has 0 spiro atoms. The predicted molar refractivity (Wildman–Crippen MR) is 80.3 cm³/mol. The molecule has 2 aromatic heterocycles. The van der Waals surface area contributed by atoms with Crippen molar-refractivity contribution in [3.63, 3.8) is 0 Å². The largest absolute Gasteiger partial charge is 0.353 e. The van der Waals surface area contributed by atoms with E-state index in [1.54, 1.807) is 6.07 Å². The average Bonchev–Trinajstić information content (AvgIpc) is 2.84. The number of nitrogens with one attached hydrogen (secondary N) is 1. The molecule has 0 amide bonds. The zero-order valence-electron chi connectivity index (χ0n) is 11.9. The van der Waals surface area contributed by atoms with Crippen LogP contribution >= 0.6 is 0 Å². The van der Waals surface area contributed by atoms with E-state index < -0.39 is 0 Å².